The zero-order valence-electron chi connectivity index (χ0n) is 17.3. The summed E-state index contributed by atoms with van der Waals surface area (Å²) in [5.74, 6) is -2.17. The van der Waals surface area contributed by atoms with Crippen molar-refractivity contribution in [2.24, 2.45) is 0 Å². The van der Waals surface area contributed by atoms with Crippen molar-refractivity contribution in [1.82, 2.24) is 9.88 Å². The third-order valence-electron chi connectivity index (χ3n) is 5.29. The van der Waals surface area contributed by atoms with Crippen molar-refractivity contribution in [2.75, 3.05) is 4.90 Å². The Hall–Kier alpha value is -4.04. The van der Waals surface area contributed by atoms with Crippen molar-refractivity contribution in [3.8, 4) is 5.69 Å². The summed E-state index contributed by atoms with van der Waals surface area (Å²) in [7, 11) is 0. The Kier molecular flexibility index (Phi) is 5.46. The van der Waals surface area contributed by atoms with Crippen LogP contribution >= 0.6 is 12.2 Å². The minimum Gasteiger partial charge on any atom is -0.478 e. The smallest absolute Gasteiger partial charge is 0.335 e. The molecule has 2 aromatic carbocycles. The number of aromatic nitrogens is 1. The highest BCUT2D eigenvalue weighted by Gasteiger charge is 2.34. The Bertz CT molecular complexity index is 1320. The van der Waals surface area contributed by atoms with E-state index in [1.807, 2.05) is 26.0 Å². The Labute approximate surface area is 189 Å². The van der Waals surface area contributed by atoms with Crippen LogP contribution in [0.2, 0.25) is 0 Å². The number of benzene rings is 2. The van der Waals surface area contributed by atoms with Crippen LogP contribution < -0.4 is 10.2 Å². The summed E-state index contributed by atoms with van der Waals surface area (Å²) < 4.78 is 1.70. The second-order valence-corrected chi connectivity index (χ2v) is 7.77. The summed E-state index contributed by atoms with van der Waals surface area (Å²) in [6.45, 7) is 3.90. The van der Waals surface area contributed by atoms with Gasteiger partial charge in [-0.2, -0.15) is 0 Å². The molecule has 2 N–H and O–H groups in total. The zero-order chi connectivity index (χ0) is 23.0. The molecule has 1 saturated heterocycles. The van der Waals surface area contributed by atoms with Crippen molar-refractivity contribution < 1.29 is 19.5 Å². The lowest BCUT2D eigenvalue weighted by atomic mass is 10.1. The SMILES string of the molecule is Cc1ccc(N2C(=O)/C(=C\c3cccn3-c3cccc(C(=O)O)c3)C(=O)NC2=S)cc1C. The maximum atomic E-state index is 13.3. The van der Waals surface area contributed by atoms with E-state index in [1.165, 1.54) is 23.1 Å². The van der Waals surface area contributed by atoms with Gasteiger partial charge in [0.25, 0.3) is 11.8 Å². The Morgan fingerprint density at radius 1 is 1.00 bits per heavy atom. The molecular formula is C24H19N3O4S. The van der Waals surface area contributed by atoms with Gasteiger partial charge in [0.05, 0.1) is 11.3 Å². The molecule has 0 saturated carbocycles. The van der Waals surface area contributed by atoms with Crippen LogP contribution in [0.15, 0.2) is 66.4 Å². The molecule has 0 atom stereocenters. The quantitative estimate of drug-likeness (QED) is 0.364. The Morgan fingerprint density at radius 2 is 1.78 bits per heavy atom. The van der Waals surface area contributed by atoms with Gasteiger partial charge < -0.3 is 9.67 Å². The number of carbonyl (C=O) groups excluding carboxylic acids is 2. The number of anilines is 1. The number of carbonyl (C=O) groups is 3. The summed E-state index contributed by atoms with van der Waals surface area (Å²) >= 11 is 5.27. The van der Waals surface area contributed by atoms with E-state index in [0.717, 1.165) is 11.1 Å². The van der Waals surface area contributed by atoms with Gasteiger partial charge in [0.1, 0.15) is 5.57 Å². The van der Waals surface area contributed by atoms with Gasteiger partial charge in [-0.3, -0.25) is 19.8 Å². The van der Waals surface area contributed by atoms with E-state index in [9.17, 15) is 19.5 Å². The van der Waals surface area contributed by atoms with Gasteiger partial charge in [-0.15, -0.1) is 0 Å². The van der Waals surface area contributed by atoms with Crippen LogP contribution in [0.25, 0.3) is 11.8 Å². The lowest BCUT2D eigenvalue weighted by Crippen LogP contribution is -2.54. The molecule has 0 spiro atoms. The number of hydrogen-bond acceptors (Lipinski definition) is 4. The van der Waals surface area contributed by atoms with Gasteiger partial charge in [-0.25, -0.2) is 4.79 Å². The van der Waals surface area contributed by atoms with Crippen LogP contribution in [0, 0.1) is 13.8 Å². The van der Waals surface area contributed by atoms with E-state index < -0.39 is 17.8 Å². The highest BCUT2D eigenvalue weighted by molar-refractivity contribution is 7.80. The maximum absolute atomic E-state index is 13.3. The number of rotatable bonds is 4. The van der Waals surface area contributed by atoms with E-state index in [0.29, 0.717) is 17.1 Å². The minimum absolute atomic E-state index is 0.0185. The van der Waals surface area contributed by atoms with Crippen LogP contribution in [-0.2, 0) is 9.59 Å². The summed E-state index contributed by atoms with van der Waals surface area (Å²) in [6, 6.07) is 15.4. The molecule has 4 rings (SSSR count). The number of carboxylic acid groups (broad SMARTS) is 1. The van der Waals surface area contributed by atoms with Crippen molar-refractivity contribution in [3.63, 3.8) is 0 Å². The largest absolute Gasteiger partial charge is 0.478 e. The highest BCUT2D eigenvalue weighted by atomic mass is 32.1. The van der Waals surface area contributed by atoms with Gasteiger partial charge in [0.2, 0.25) is 0 Å². The Balaban J connectivity index is 1.75. The number of aryl methyl sites for hydroxylation is 2. The van der Waals surface area contributed by atoms with Gasteiger partial charge in [0, 0.05) is 17.6 Å². The van der Waals surface area contributed by atoms with Gasteiger partial charge in [-0.1, -0.05) is 12.1 Å². The summed E-state index contributed by atoms with van der Waals surface area (Å²) in [4.78, 5) is 38.5. The summed E-state index contributed by atoms with van der Waals surface area (Å²) in [5, 5.41) is 11.9. The molecule has 1 aromatic heterocycles. The molecule has 32 heavy (non-hydrogen) atoms. The first-order chi connectivity index (χ1) is 15.3. The van der Waals surface area contributed by atoms with Crippen molar-refractivity contribution in [2.45, 2.75) is 13.8 Å². The average Bonchev–Trinajstić information content (AvgIpc) is 3.22. The third-order valence-corrected chi connectivity index (χ3v) is 5.58. The van der Waals surface area contributed by atoms with Crippen molar-refractivity contribution in [3.05, 3.63) is 88.8 Å². The van der Waals surface area contributed by atoms with E-state index >= 15 is 0 Å². The van der Waals surface area contributed by atoms with Gasteiger partial charge in [0.15, 0.2) is 5.11 Å². The number of hydrogen-bond donors (Lipinski definition) is 2. The molecule has 3 aromatic rings. The number of carboxylic acids is 1. The molecule has 0 radical (unpaired) electrons. The minimum atomic E-state index is -1.04. The molecule has 1 fully saturated rings. The molecule has 1 aliphatic rings. The van der Waals surface area contributed by atoms with Crippen molar-refractivity contribution in [1.29, 1.82) is 0 Å². The van der Waals surface area contributed by atoms with E-state index in [4.69, 9.17) is 12.2 Å². The van der Waals surface area contributed by atoms with Crippen LogP contribution in [0.1, 0.15) is 27.2 Å². The van der Waals surface area contributed by atoms with Crippen LogP contribution in [0.3, 0.4) is 0 Å². The highest BCUT2D eigenvalue weighted by Crippen LogP contribution is 2.25. The number of nitrogens with one attached hydrogen (secondary N) is 1. The first-order valence-electron chi connectivity index (χ1n) is 9.76. The molecule has 1 aliphatic heterocycles. The fraction of sp³-hybridized carbons (Fsp3) is 0.0833. The Morgan fingerprint density at radius 3 is 2.50 bits per heavy atom. The summed E-state index contributed by atoms with van der Waals surface area (Å²) in [5.41, 5.74) is 3.82. The van der Waals surface area contributed by atoms with Crippen LogP contribution in [0.4, 0.5) is 5.69 Å². The number of thiocarbonyl (C=S) groups is 1. The predicted octanol–water partition coefficient (Wildman–Crippen LogP) is 3.62. The molecule has 0 unspecified atom stereocenters. The second-order valence-electron chi connectivity index (χ2n) is 7.38. The topological polar surface area (TPSA) is 91.6 Å². The molecular weight excluding hydrogens is 426 g/mol. The van der Waals surface area contributed by atoms with E-state index in [2.05, 4.69) is 5.32 Å². The van der Waals surface area contributed by atoms with Gasteiger partial charge >= 0.3 is 5.97 Å². The fourth-order valence-corrected chi connectivity index (χ4v) is 3.72. The normalized spacial score (nSPS) is 15.2. The first kappa shape index (κ1) is 21.2. The van der Waals surface area contributed by atoms with Crippen molar-refractivity contribution >= 4 is 46.9 Å². The standard InChI is InChI=1S/C24H19N3O4S/c1-14-8-9-19(11-15(14)2)27-22(29)20(21(28)25-24(27)32)13-18-7-4-10-26(18)17-6-3-5-16(12-17)23(30)31/h3-13H,1-2H3,(H,30,31)(H,25,28,32)/b20-13-. The molecule has 2 amide bonds. The van der Waals surface area contributed by atoms with E-state index in [1.54, 1.807) is 41.1 Å². The summed E-state index contributed by atoms with van der Waals surface area (Å²) in [6.07, 6.45) is 3.20. The zero-order valence-corrected chi connectivity index (χ0v) is 18.1. The lowest BCUT2D eigenvalue weighted by molar-refractivity contribution is -0.122. The third kappa shape index (κ3) is 3.83. The molecule has 7 nitrogen and oxygen atoms in total. The van der Waals surface area contributed by atoms with Gasteiger partial charge in [-0.05, 0) is 85.7 Å². The lowest BCUT2D eigenvalue weighted by Gasteiger charge is -2.29. The van der Waals surface area contributed by atoms with Crippen LogP contribution in [0.5, 0.6) is 0 Å². The number of nitrogens with zero attached hydrogens (tertiary/aromatic N) is 2. The maximum Gasteiger partial charge on any atom is 0.335 e. The number of aromatic carboxylic acids is 1. The molecule has 8 heteroatoms. The predicted molar refractivity (Wildman–Crippen MR) is 125 cm³/mol. The van der Waals surface area contributed by atoms with Crippen LogP contribution in [-0.4, -0.2) is 32.6 Å². The second kappa shape index (κ2) is 8.24. The molecule has 160 valence electrons. The fourth-order valence-electron chi connectivity index (χ4n) is 3.44. The molecule has 2 heterocycles. The molecule has 0 aliphatic carbocycles. The molecule has 0 bridgehead atoms. The monoisotopic (exact) mass is 445 g/mol. The first-order valence-corrected chi connectivity index (χ1v) is 10.2. The number of amides is 2. The average molecular weight is 446 g/mol. The van der Waals surface area contributed by atoms with E-state index in [-0.39, 0.29) is 16.2 Å².